The minimum absolute atomic E-state index is 0.0137. The first-order valence-corrected chi connectivity index (χ1v) is 8.69. The van der Waals surface area contributed by atoms with Gasteiger partial charge in [0.15, 0.2) is 0 Å². The number of anilines is 2. The number of benzene rings is 1. The molecule has 25 heavy (non-hydrogen) atoms. The summed E-state index contributed by atoms with van der Waals surface area (Å²) in [7, 11) is 0. The molecule has 0 unspecified atom stereocenters. The Labute approximate surface area is 148 Å². The van der Waals surface area contributed by atoms with Crippen LogP contribution in [0, 0.1) is 12.8 Å². The number of carbonyl (C=O) groups is 2. The molecule has 1 N–H and O–H groups in total. The zero-order valence-corrected chi connectivity index (χ0v) is 14.7. The smallest absolute Gasteiger partial charge is 0.230 e. The van der Waals surface area contributed by atoms with Gasteiger partial charge >= 0.3 is 0 Å². The largest absolute Gasteiger partial charge is 0.312 e. The molecule has 0 radical (unpaired) electrons. The summed E-state index contributed by atoms with van der Waals surface area (Å²) < 4.78 is 0. The Morgan fingerprint density at radius 1 is 1.24 bits per heavy atom. The van der Waals surface area contributed by atoms with Crippen LogP contribution in [0.15, 0.2) is 42.6 Å². The predicted molar refractivity (Wildman–Crippen MR) is 98.5 cm³/mol. The van der Waals surface area contributed by atoms with Crippen LogP contribution in [0.1, 0.15) is 30.9 Å². The number of nitrogens with zero attached hydrogens (tertiary/aromatic N) is 2. The summed E-state index contributed by atoms with van der Waals surface area (Å²) in [5, 5.41) is 2.80. The lowest BCUT2D eigenvalue weighted by Gasteiger charge is -2.17. The second-order valence-corrected chi connectivity index (χ2v) is 6.53. The van der Waals surface area contributed by atoms with Gasteiger partial charge in [-0.3, -0.25) is 9.59 Å². The van der Waals surface area contributed by atoms with Crippen LogP contribution in [0.25, 0.3) is 0 Å². The average molecular weight is 337 g/mol. The molecule has 5 heteroatoms. The van der Waals surface area contributed by atoms with Gasteiger partial charge in [0, 0.05) is 24.8 Å². The highest BCUT2D eigenvalue weighted by molar-refractivity contribution is 6.03. The quantitative estimate of drug-likeness (QED) is 0.910. The maximum absolute atomic E-state index is 12.4. The van der Waals surface area contributed by atoms with Crippen molar-refractivity contribution in [1.29, 1.82) is 0 Å². The monoisotopic (exact) mass is 337 g/mol. The Balaban J connectivity index is 1.65. The lowest BCUT2D eigenvalue weighted by molar-refractivity contribution is -0.122. The third-order valence-corrected chi connectivity index (χ3v) is 4.45. The van der Waals surface area contributed by atoms with Crippen LogP contribution in [-0.2, 0) is 16.0 Å². The summed E-state index contributed by atoms with van der Waals surface area (Å²) in [6, 6.07) is 11.7. The fourth-order valence-corrected chi connectivity index (χ4v) is 3.03. The summed E-state index contributed by atoms with van der Waals surface area (Å²) in [4.78, 5) is 30.6. The van der Waals surface area contributed by atoms with Gasteiger partial charge in [0.25, 0.3) is 0 Å². The van der Waals surface area contributed by atoms with E-state index in [0.29, 0.717) is 12.4 Å². The lowest BCUT2D eigenvalue weighted by Crippen LogP contribution is -2.28. The highest BCUT2D eigenvalue weighted by Crippen LogP contribution is 2.26. The summed E-state index contributed by atoms with van der Waals surface area (Å²) in [6.07, 6.45) is 4.06. The van der Waals surface area contributed by atoms with Crippen LogP contribution >= 0.6 is 0 Å². The van der Waals surface area contributed by atoms with Crippen LogP contribution < -0.4 is 10.2 Å². The van der Waals surface area contributed by atoms with Gasteiger partial charge in [0.1, 0.15) is 5.82 Å². The van der Waals surface area contributed by atoms with E-state index in [1.54, 1.807) is 17.2 Å². The molecular formula is C20H23N3O2. The number of rotatable bonds is 5. The van der Waals surface area contributed by atoms with E-state index in [9.17, 15) is 9.59 Å². The number of hydrogen-bond acceptors (Lipinski definition) is 3. The molecule has 2 heterocycles. The Hall–Kier alpha value is -2.69. The Bertz CT molecular complexity index is 754. The van der Waals surface area contributed by atoms with Crippen molar-refractivity contribution < 1.29 is 9.59 Å². The van der Waals surface area contributed by atoms with E-state index in [-0.39, 0.29) is 24.2 Å². The van der Waals surface area contributed by atoms with Gasteiger partial charge in [-0.05, 0) is 42.7 Å². The molecular weight excluding hydrogens is 314 g/mol. The van der Waals surface area contributed by atoms with E-state index in [2.05, 4.69) is 29.4 Å². The van der Waals surface area contributed by atoms with Crippen molar-refractivity contribution >= 4 is 23.3 Å². The lowest BCUT2D eigenvalue weighted by atomic mass is 10.1. The number of aryl methyl sites for hydroxylation is 2. The molecule has 0 bridgehead atoms. The molecule has 5 nitrogen and oxygen atoms in total. The summed E-state index contributed by atoms with van der Waals surface area (Å²) in [5.74, 6) is -0.00796. The van der Waals surface area contributed by atoms with E-state index < -0.39 is 0 Å². The first-order chi connectivity index (χ1) is 12.1. The number of carbonyl (C=O) groups excluding carboxylic acids is 2. The highest BCUT2D eigenvalue weighted by atomic mass is 16.2. The fourth-order valence-electron chi connectivity index (χ4n) is 3.03. The topological polar surface area (TPSA) is 62.3 Å². The zero-order valence-electron chi connectivity index (χ0n) is 14.7. The van der Waals surface area contributed by atoms with Crippen LogP contribution in [0.3, 0.4) is 0 Å². The van der Waals surface area contributed by atoms with E-state index in [1.165, 1.54) is 5.56 Å². The number of nitrogens with one attached hydrogen (secondary N) is 1. The standard InChI is InChI=1S/C20H23N3O2/c1-3-4-15-6-8-17(9-7-15)23-13-16(11-19(23)24)20(25)22-18-10-5-14(2)12-21-18/h5-10,12,16H,3-4,11,13H2,1-2H3,(H,21,22,25)/t16-/m0/s1. The molecule has 2 aromatic rings. The predicted octanol–water partition coefficient (Wildman–Crippen LogP) is 3.33. The molecule has 1 aromatic carbocycles. The Kier molecular flexibility index (Phi) is 5.12. The van der Waals surface area contributed by atoms with E-state index in [1.807, 2.05) is 25.1 Å². The van der Waals surface area contributed by atoms with Crippen molar-refractivity contribution in [2.75, 3.05) is 16.8 Å². The van der Waals surface area contributed by atoms with Crippen LogP contribution in [0.2, 0.25) is 0 Å². The van der Waals surface area contributed by atoms with Crippen LogP contribution in [0.5, 0.6) is 0 Å². The van der Waals surface area contributed by atoms with Crippen LogP contribution in [-0.4, -0.2) is 23.3 Å². The summed E-state index contributed by atoms with van der Waals surface area (Å²) in [5.41, 5.74) is 3.15. The molecule has 130 valence electrons. The zero-order chi connectivity index (χ0) is 17.8. The van der Waals surface area contributed by atoms with Crippen molar-refractivity contribution in [2.45, 2.75) is 33.1 Å². The van der Waals surface area contributed by atoms with Gasteiger partial charge in [-0.1, -0.05) is 31.5 Å². The molecule has 1 aromatic heterocycles. The minimum Gasteiger partial charge on any atom is -0.312 e. The second kappa shape index (κ2) is 7.47. The van der Waals surface area contributed by atoms with Gasteiger partial charge in [-0.15, -0.1) is 0 Å². The van der Waals surface area contributed by atoms with Crippen molar-refractivity contribution in [1.82, 2.24) is 4.98 Å². The van der Waals surface area contributed by atoms with Gasteiger partial charge in [-0.25, -0.2) is 4.98 Å². The number of hydrogen-bond donors (Lipinski definition) is 1. The third kappa shape index (κ3) is 4.05. The van der Waals surface area contributed by atoms with Crippen molar-refractivity contribution in [3.8, 4) is 0 Å². The van der Waals surface area contributed by atoms with E-state index in [0.717, 1.165) is 24.1 Å². The molecule has 0 aliphatic carbocycles. The van der Waals surface area contributed by atoms with Gasteiger partial charge < -0.3 is 10.2 Å². The van der Waals surface area contributed by atoms with Crippen molar-refractivity contribution in [3.05, 3.63) is 53.7 Å². The van der Waals surface area contributed by atoms with Crippen LogP contribution in [0.4, 0.5) is 11.5 Å². The van der Waals surface area contributed by atoms with Gasteiger partial charge in [-0.2, -0.15) is 0 Å². The van der Waals surface area contributed by atoms with Gasteiger partial charge in [0.2, 0.25) is 11.8 Å². The first kappa shape index (κ1) is 17.1. The molecule has 2 amide bonds. The molecule has 1 atom stereocenters. The first-order valence-electron chi connectivity index (χ1n) is 8.69. The third-order valence-electron chi connectivity index (χ3n) is 4.45. The minimum atomic E-state index is -0.356. The molecule has 1 aliphatic heterocycles. The summed E-state index contributed by atoms with van der Waals surface area (Å²) >= 11 is 0. The fraction of sp³-hybridized carbons (Fsp3) is 0.350. The average Bonchev–Trinajstić information content (AvgIpc) is 3.00. The number of amides is 2. The normalized spacial score (nSPS) is 17.0. The molecule has 1 saturated heterocycles. The number of aromatic nitrogens is 1. The number of pyridine rings is 1. The SMILES string of the molecule is CCCc1ccc(N2C[C@@H](C(=O)Nc3ccc(C)cn3)CC2=O)cc1. The highest BCUT2D eigenvalue weighted by Gasteiger charge is 2.35. The van der Waals surface area contributed by atoms with Crippen molar-refractivity contribution in [3.63, 3.8) is 0 Å². The van der Waals surface area contributed by atoms with Gasteiger partial charge in [0.05, 0.1) is 5.92 Å². The molecule has 1 aliphatic rings. The van der Waals surface area contributed by atoms with E-state index in [4.69, 9.17) is 0 Å². The summed E-state index contributed by atoms with van der Waals surface area (Å²) in [6.45, 7) is 4.49. The van der Waals surface area contributed by atoms with E-state index >= 15 is 0 Å². The maximum atomic E-state index is 12.4. The Morgan fingerprint density at radius 3 is 2.64 bits per heavy atom. The second-order valence-electron chi connectivity index (χ2n) is 6.53. The molecule has 1 fully saturated rings. The molecule has 3 rings (SSSR count). The molecule has 0 spiro atoms. The van der Waals surface area contributed by atoms with Crippen molar-refractivity contribution in [2.24, 2.45) is 5.92 Å². The maximum Gasteiger partial charge on any atom is 0.230 e. The Morgan fingerprint density at radius 2 is 2.00 bits per heavy atom. The molecule has 0 saturated carbocycles.